The van der Waals surface area contributed by atoms with Crippen molar-refractivity contribution in [3.05, 3.63) is 77.7 Å². The molecular formula is C18H16N4O2. The molecule has 0 bridgehead atoms. The lowest BCUT2D eigenvalue weighted by molar-refractivity contribution is 0.102. The first kappa shape index (κ1) is 15.6. The highest BCUT2D eigenvalue weighted by Crippen LogP contribution is 2.14. The van der Waals surface area contributed by atoms with Crippen LogP contribution in [-0.2, 0) is 6.42 Å². The summed E-state index contributed by atoms with van der Waals surface area (Å²) < 4.78 is 4.92. The number of ether oxygens (including phenoxy) is 1. The lowest BCUT2D eigenvalue weighted by Gasteiger charge is -2.06. The van der Waals surface area contributed by atoms with E-state index in [2.05, 4.69) is 20.5 Å². The predicted octanol–water partition coefficient (Wildman–Crippen LogP) is 2.72. The van der Waals surface area contributed by atoms with Gasteiger partial charge in [0.1, 0.15) is 0 Å². The molecule has 6 nitrogen and oxygen atoms in total. The molecule has 0 aliphatic heterocycles. The predicted molar refractivity (Wildman–Crippen MR) is 90.0 cm³/mol. The second kappa shape index (κ2) is 7.32. The minimum atomic E-state index is -0.313. The molecule has 0 spiro atoms. The molecule has 0 aliphatic carbocycles. The molecule has 2 heterocycles. The number of carbonyl (C=O) groups is 1. The zero-order chi connectivity index (χ0) is 16.8. The summed E-state index contributed by atoms with van der Waals surface area (Å²) >= 11 is 0. The van der Waals surface area contributed by atoms with Crippen molar-refractivity contribution in [1.82, 2.24) is 15.2 Å². The van der Waals surface area contributed by atoms with Crippen molar-refractivity contribution in [1.29, 1.82) is 0 Å². The highest BCUT2D eigenvalue weighted by atomic mass is 16.5. The van der Waals surface area contributed by atoms with E-state index in [1.54, 1.807) is 24.5 Å². The number of carbonyl (C=O) groups excluding carboxylic acids is 1. The van der Waals surface area contributed by atoms with Crippen LogP contribution in [0.2, 0.25) is 0 Å². The van der Waals surface area contributed by atoms with Crippen LogP contribution in [0.3, 0.4) is 0 Å². The third kappa shape index (κ3) is 3.92. The minimum absolute atomic E-state index is 0.233. The summed E-state index contributed by atoms with van der Waals surface area (Å²) in [5, 5.41) is 10.4. The second-order valence-corrected chi connectivity index (χ2v) is 5.14. The molecule has 0 atom stereocenters. The van der Waals surface area contributed by atoms with Crippen molar-refractivity contribution in [2.45, 2.75) is 6.42 Å². The Morgan fingerprint density at radius 3 is 2.29 bits per heavy atom. The van der Waals surface area contributed by atoms with Gasteiger partial charge in [-0.1, -0.05) is 12.1 Å². The van der Waals surface area contributed by atoms with Gasteiger partial charge in [0.25, 0.3) is 5.91 Å². The van der Waals surface area contributed by atoms with E-state index >= 15 is 0 Å². The second-order valence-electron chi connectivity index (χ2n) is 5.14. The Morgan fingerprint density at radius 1 is 0.958 bits per heavy atom. The standard InChI is InChI=1S/C18H16N4O2/c1-24-17-7-6-16(21-22-17)18(23)20-15-4-2-13(3-5-15)12-14-8-10-19-11-9-14/h2-11H,12H2,1H3,(H,20,23). The van der Waals surface area contributed by atoms with Gasteiger partial charge in [0.2, 0.25) is 5.88 Å². The Morgan fingerprint density at radius 2 is 1.67 bits per heavy atom. The van der Waals surface area contributed by atoms with Gasteiger partial charge < -0.3 is 10.1 Å². The van der Waals surface area contributed by atoms with Crippen LogP contribution >= 0.6 is 0 Å². The van der Waals surface area contributed by atoms with Crippen LogP contribution in [0.1, 0.15) is 21.6 Å². The van der Waals surface area contributed by atoms with E-state index in [9.17, 15) is 4.79 Å². The Balaban J connectivity index is 1.64. The molecule has 0 radical (unpaired) electrons. The Labute approximate surface area is 139 Å². The van der Waals surface area contributed by atoms with Crippen LogP contribution in [0.5, 0.6) is 5.88 Å². The Bertz CT molecular complexity index is 803. The van der Waals surface area contributed by atoms with Gasteiger partial charge in [-0.25, -0.2) is 0 Å². The number of benzene rings is 1. The molecule has 24 heavy (non-hydrogen) atoms. The lowest BCUT2D eigenvalue weighted by atomic mass is 10.1. The van der Waals surface area contributed by atoms with E-state index < -0.39 is 0 Å². The van der Waals surface area contributed by atoms with Gasteiger partial charge in [-0.2, -0.15) is 0 Å². The molecule has 1 aromatic carbocycles. The van der Waals surface area contributed by atoms with Gasteiger partial charge in [-0.3, -0.25) is 9.78 Å². The molecule has 3 aromatic rings. The average Bonchev–Trinajstić information content (AvgIpc) is 2.64. The van der Waals surface area contributed by atoms with Crippen molar-refractivity contribution in [3.63, 3.8) is 0 Å². The van der Waals surface area contributed by atoms with Crippen LogP contribution in [0.25, 0.3) is 0 Å². The molecule has 1 N–H and O–H groups in total. The lowest BCUT2D eigenvalue weighted by Crippen LogP contribution is -2.14. The normalized spacial score (nSPS) is 10.2. The molecule has 0 fully saturated rings. The smallest absolute Gasteiger partial charge is 0.276 e. The van der Waals surface area contributed by atoms with E-state index in [0.717, 1.165) is 12.0 Å². The van der Waals surface area contributed by atoms with Gasteiger partial charge in [0.15, 0.2) is 5.69 Å². The van der Waals surface area contributed by atoms with Crippen LogP contribution in [0.15, 0.2) is 60.9 Å². The minimum Gasteiger partial charge on any atom is -0.480 e. The number of nitrogens with zero attached hydrogens (tertiary/aromatic N) is 3. The molecule has 2 aromatic heterocycles. The summed E-state index contributed by atoms with van der Waals surface area (Å²) in [6.45, 7) is 0. The molecule has 0 unspecified atom stereocenters. The largest absolute Gasteiger partial charge is 0.480 e. The molecule has 0 saturated heterocycles. The first-order valence-corrected chi connectivity index (χ1v) is 7.41. The highest BCUT2D eigenvalue weighted by molar-refractivity contribution is 6.02. The fourth-order valence-corrected chi connectivity index (χ4v) is 2.19. The summed E-state index contributed by atoms with van der Waals surface area (Å²) in [6.07, 6.45) is 4.38. The highest BCUT2D eigenvalue weighted by Gasteiger charge is 2.09. The number of pyridine rings is 1. The first-order valence-electron chi connectivity index (χ1n) is 7.41. The third-order valence-corrected chi connectivity index (χ3v) is 3.45. The Kier molecular flexibility index (Phi) is 4.76. The number of methoxy groups -OCH3 is 1. The number of hydrogen-bond donors (Lipinski definition) is 1. The van der Waals surface area contributed by atoms with Gasteiger partial charge >= 0.3 is 0 Å². The van der Waals surface area contributed by atoms with Crippen molar-refractivity contribution in [3.8, 4) is 5.88 Å². The zero-order valence-corrected chi connectivity index (χ0v) is 13.1. The fraction of sp³-hybridized carbons (Fsp3) is 0.111. The van der Waals surface area contributed by atoms with Gasteiger partial charge in [-0.15, -0.1) is 10.2 Å². The quantitative estimate of drug-likeness (QED) is 0.782. The fourth-order valence-electron chi connectivity index (χ4n) is 2.19. The number of rotatable bonds is 5. The maximum absolute atomic E-state index is 12.1. The summed E-state index contributed by atoms with van der Waals surface area (Å²) in [6, 6.07) is 14.8. The first-order chi connectivity index (χ1) is 11.7. The summed E-state index contributed by atoms with van der Waals surface area (Å²) in [7, 11) is 1.50. The summed E-state index contributed by atoms with van der Waals surface area (Å²) in [5.41, 5.74) is 3.28. The molecule has 1 amide bonds. The van der Waals surface area contributed by atoms with Gasteiger partial charge in [0.05, 0.1) is 7.11 Å². The van der Waals surface area contributed by atoms with Crippen molar-refractivity contribution >= 4 is 11.6 Å². The maximum Gasteiger partial charge on any atom is 0.276 e. The van der Waals surface area contributed by atoms with Crippen LogP contribution < -0.4 is 10.1 Å². The summed E-state index contributed by atoms with van der Waals surface area (Å²) in [4.78, 5) is 16.1. The number of hydrogen-bond acceptors (Lipinski definition) is 5. The molecular weight excluding hydrogens is 304 g/mol. The summed E-state index contributed by atoms with van der Waals surface area (Å²) in [5.74, 6) is 0.0547. The van der Waals surface area contributed by atoms with Crippen LogP contribution in [0, 0.1) is 0 Å². The van der Waals surface area contributed by atoms with Crippen molar-refractivity contribution < 1.29 is 9.53 Å². The Hall–Kier alpha value is -3.28. The molecule has 0 saturated carbocycles. The van der Waals surface area contributed by atoms with Crippen molar-refractivity contribution in [2.24, 2.45) is 0 Å². The van der Waals surface area contributed by atoms with Gasteiger partial charge in [0, 0.05) is 24.1 Å². The van der Waals surface area contributed by atoms with E-state index in [1.807, 2.05) is 36.4 Å². The average molecular weight is 320 g/mol. The molecule has 6 heteroatoms. The number of nitrogens with one attached hydrogen (secondary N) is 1. The molecule has 3 rings (SSSR count). The van der Waals surface area contributed by atoms with E-state index in [1.165, 1.54) is 12.7 Å². The topological polar surface area (TPSA) is 77.0 Å². The van der Waals surface area contributed by atoms with Crippen LogP contribution in [-0.4, -0.2) is 28.2 Å². The number of anilines is 1. The molecule has 0 aliphatic rings. The third-order valence-electron chi connectivity index (χ3n) is 3.45. The molecule has 120 valence electrons. The SMILES string of the molecule is COc1ccc(C(=O)Nc2ccc(Cc3ccncc3)cc2)nn1. The van der Waals surface area contributed by atoms with E-state index in [0.29, 0.717) is 11.6 Å². The number of amides is 1. The van der Waals surface area contributed by atoms with E-state index in [4.69, 9.17) is 4.74 Å². The van der Waals surface area contributed by atoms with Gasteiger partial charge in [-0.05, 0) is 47.9 Å². The maximum atomic E-state index is 12.1. The van der Waals surface area contributed by atoms with E-state index in [-0.39, 0.29) is 11.6 Å². The zero-order valence-electron chi connectivity index (χ0n) is 13.1. The monoisotopic (exact) mass is 320 g/mol. The number of aromatic nitrogens is 3. The van der Waals surface area contributed by atoms with Crippen molar-refractivity contribution in [2.75, 3.05) is 12.4 Å². The van der Waals surface area contributed by atoms with Crippen LogP contribution in [0.4, 0.5) is 5.69 Å².